The first-order valence-corrected chi connectivity index (χ1v) is 8.90. The molecule has 0 saturated heterocycles. The van der Waals surface area contributed by atoms with Gasteiger partial charge in [0.2, 0.25) is 5.91 Å². The van der Waals surface area contributed by atoms with Crippen molar-refractivity contribution < 1.29 is 14.3 Å². The Kier molecular flexibility index (Phi) is 6.55. The lowest BCUT2D eigenvalue weighted by atomic mass is 10.1. The van der Waals surface area contributed by atoms with E-state index >= 15 is 0 Å². The topological polar surface area (TPSA) is 46.6 Å². The molecule has 0 aliphatic carbocycles. The van der Waals surface area contributed by atoms with Gasteiger partial charge in [0.25, 0.3) is 0 Å². The summed E-state index contributed by atoms with van der Waals surface area (Å²) in [5, 5.41) is 2.02. The Morgan fingerprint density at radius 2 is 1.92 bits per heavy atom. The van der Waals surface area contributed by atoms with Gasteiger partial charge in [0, 0.05) is 23.9 Å². The standard InChI is InChI=1S/C19H23NO3S/c1-14(18-6-5-13-24-18)20(3)19(22)7-4-12-23-17-10-8-16(9-11-17)15(2)21/h5-6,8-11,13-14H,4,7,12H2,1-3H3. The second kappa shape index (κ2) is 8.64. The number of rotatable bonds is 8. The van der Waals surface area contributed by atoms with Crippen LogP contribution in [0.4, 0.5) is 0 Å². The van der Waals surface area contributed by atoms with Crippen molar-refractivity contribution in [1.29, 1.82) is 0 Å². The smallest absolute Gasteiger partial charge is 0.222 e. The molecule has 1 aromatic carbocycles. The predicted molar refractivity (Wildman–Crippen MR) is 96.7 cm³/mol. The minimum Gasteiger partial charge on any atom is -0.494 e. The summed E-state index contributed by atoms with van der Waals surface area (Å²) in [6.07, 6.45) is 1.12. The molecule has 1 amide bonds. The van der Waals surface area contributed by atoms with E-state index in [1.54, 1.807) is 40.5 Å². The van der Waals surface area contributed by atoms with Crippen LogP contribution in [0.25, 0.3) is 0 Å². The van der Waals surface area contributed by atoms with Crippen LogP contribution in [0.5, 0.6) is 5.75 Å². The van der Waals surface area contributed by atoms with Gasteiger partial charge in [-0.2, -0.15) is 0 Å². The van der Waals surface area contributed by atoms with Crippen LogP contribution >= 0.6 is 11.3 Å². The van der Waals surface area contributed by atoms with Crippen molar-refractivity contribution in [3.8, 4) is 5.75 Å². The number of nitrogens with zero attached hydrogens (tertiary/aromatic N) is 1. The summed E-state index contributed by atoms with van der Waals surface area (Å²) in [6.45, 7) is 4.05. The predicted octanol–water partition coefficient (Wildman–Crippen LogP) is 4.33. The van der Waals surface area contributed by atoms with Crippen molar-refractivity contribution in [2.75, 3.05) is 13.7 Å². The van der Waals surface area contributed by atoms with E-state index in [1.165, 1.54) is 11.8 Å². The molecule has 0 fully saturated rings. The second-order valence-electron chi connectivity index (χ2n) is 5.73. The lowest BCUT2D eigenvalue weighted by molar-refractivity contribution is -0.132. The van der Waals surface area contributed by atoms with Gasteiger partial charge in [0.15, 0.2) is 5.78 Å². The SMILES string of the molecule is CC(=O)c1ccc(OCCCC(=O)N(C)C(C)c2cccs2)cc1. The number of ketones is 1. The lowest BCUT2D eigenvalue weighted by Gasteiger charge is -2.24. The fourth-order valence-corrected chi connectivity index (χ4v) is 3.14. The number of thiophene rings is 1. The maximum absolute atomic E-state index is 12.2. The monoisotopic (exact) mass is 345 g/mol. The van der Waals surface area contributed by atoms with Crippen LogP contribution in [0, 0.1) is 0 Å². The van der Waals surface area contributed by atoms with Gasteiger partial charge in [0.1, 0.15) is 5.75 Å². The summed E-state index contributed by atoms with van der Waals surface area (Å²) in [5.74, 6) is 0.870. The van der Waals surface area contributed by atoms with E-state index in [-0.39, 0.29) is 17.7 Å². The number of hydrogen-bond acceptors (Lipinski definition) is 4. The van der Waals surface area contributed by atoms with Crippen molar-refractivity contribution in [2.24, 2.45) is 0 Å². The van der Waals surface area contributed by atoms with Crippen LogP contribution in [0.2, 0.25) is 0 Å². The number of amides is 1. The first-order chi connectivity index (χ1) is 11.5. The molecule has 5 heteroatoms. The Labute approximate surface area is 147 Å². The van der Waals surface area contributed by atoms with Gasteiger partial charge in [-0.15, -0.1) is 11.3 Å². The van der Waals surface area contributed by atoms with Crippen molar-refractivity contribution >= 4 is 23.0 Å². The summed E-state index contributed by atoms with van der Waals surface area (Å²) >= 11 is 1.66. The average Bonchev–Trinajstić information content (AvgIpc) is 3.12. The molecule has 24 heavy (non-hydrogen) atoms. The molecule has 0 bridgehead atoms. The van der Waals surface area contributed by atoms with E-state index in [4.69, 9.17) is 4.74 Å². The minimum absolute atomic E-state index is 0.0371. The zero-order chi connectivity index (χ0) is 17.5. The highest BCUT2D eigenvalue weighted by atomic mass is 32.1. The molecule has 0 saturated carbocycles. The fraction of sp³-hybridized carbons (Fsp3) is 0.368. The van der Waals surface area contributed by atoms with Crippen LogP contribution in [0.3, 0.4) is 0 Å². The number of ether oxygens (including phenoxy) is 1. The Balaban J connectivity index is 1.73. The van der Waals surface area contributed by atoms with Crippen LogP contribution in [-0.2, 0) is 4.79 Å². The first-order valence-electron chi connectivity index (χ1n) is 8.02. The summed E-state index contributed by atoms with van der Waals surface area (Å²) in [4.78, 5) is 26.4. The molecule has 0 spiro atoms. The number of hydrogen-bond donors (Lipinski definition) is 0. The summed E-state index contributed by atoms with van der Waals surface area (Å²) in [6, 6.07) is 11.2. The van der Waals surface area contributed by atoms with E-state index < -0.39 is 0 Å². The van der Waals surface area contributed by atoms with E-state index in [1.807, 2.05) is 31.5 Å². The van der Waals surface area contributed by atoms with Crippen molar-refractivity contribution in [2.45, 2.75) is 32.7 Å². The quantitative estimate of drug-likeness (QED) is 0.528. The third-order valence-corrected chi connectivity index (χ3v) is 5.04. The number of carbonyl (C=O) groups is 2. The molecule has 0 aliphatic rings. The van der Waals surface area contributed by atoms with Gasteiger partial charge in [-0.1, -0.05) is 6.07 Å². The van der Waals surface area contributed by atoms with Gasteiger partial charge >= 0.3 is 0 Å². The molecule has 4 nitrogen and oxygen atoms in total. The zero-order valence-electron chi connectivity index (χ0n) is 14.3. The summed E-state index contributed by atoms with van der Waals surface area (Å²) in [5.41, 5.74) is 0.668. The van der Waals surface area contributed by atoms with E-state index in [0.29, 0.717) is 30.8 Å². The Bertz CT molecular complexity index is 664. The van der Waals surface area contributed by atoms with Gasteiger partial charge < -0.3 is 9.64 Å². The molecule has 0 radical (unpaired) electrons. The van der Waals surface area contributed by atoms with Crippen molar-refractivity contribution in [3.05, 3.63) is 52.2 Å². The molecule has 1 atom stereocenters. The zero-order valence-corrected chi connectivity index (χ0v) is 15.1. The third kappa shape index (κ3) is 4.93. The maximum Gasteiger partial charge on any atom is 0.222 e. The van der Waals surface area contributed by atoms with E-state index in [9.17, 15) is 9.59 Å². The molecule has 0 N–H and O–H groups in total. The molecular weight excluding hydrogens is 322 g/mol. The van der Waals surface area contributed by atoms with Gasteiger partial charge in [-0.3, -0.25) is 9.59 Å². The molecule has 2 rings (SSSR count). The molecule has 1 unspecified atom stereocenters. The molecule has 0 aliphatic heterocycles. The average molecular weight is 345 g/mol. The molecular formula is C19H23NO3S. The highest BCUT2D eigenvalue weighted by Crippen LogP contribution is 2.24. The molecule has 1 aromatic heterocycles. The fourth-order valence-electron chi connectivity index (χ4n) is 2.31. The second-order valence-corrected chi connectivity index (χ2v) is 6.71. The molecule has 2 aromatic rings. The van der Waals surface area contributed by atoms with Gasteiger partial charge in [-0.25, -0.2) is 0 Å². The number of carbonyl (C=O) groups excluding carboxylic acids is 2. The van der Waals surface area contributed by atoms with Crippen LogP contribution in [-0.4, -0.2) is 30.2 Å². The lowest BCUT2D eigenvalue weighted by Crippen LogP contribution is -2.29. The normalized spacial score (nSPS) is 11.8. The minimum atomic E-state index is 0.0371. The Morgan fingerprint density at radius 1 is 1.21 bits per heavy atom. The molecule has 128 valence electrons. The third-order valence-electron chi connectivity index (χ3n) is 3.99. The van der Waals surface area contributed by atoms with Gasteiger partial charge in [-0.05, 0) is 56.0 Å². The van der Waals surface area contributed by atoms with Crippen LogP contribution in [0.1, 0.15) is 48.0 Å². The maximum atomic E-state index is 12.2. The highest BCUT2D eigenvalue weighted by molar-refractivity contribution is 7.10. The highest BCUT2D eigenvalue weighted by Gasteiger charge is 2.17. The first kappa shape index (κ1) is 18.2. The van der Waals surface area contributed by atoms with Crippen molar-refractivity contribution in [3.63, 3.8) is 0 Å². The van der Waals surface area contributed by atoms with Crippen LogP contribution < -0.4 is 4.74 Å². The number of Topliss-reactive ketones (excluding diaryl/α,β-unsaturated/α-hetero) is 1. The molecule has 1 heterocycles. The van der Waals surface area contributed by atoms with Gasteiger partial charge in [0.05, 0.1) is 12.6 Å². The largest absolute Gasteiger partial charge is 0.494 e. The summed E-state index contributed by atoms with van der Waals surface area (Å²) < 4.78 is 5.62. The Morgan fingerprint density at radius 3 is 2.50 bits per heavy atom. The van der Waals surface area contributed by atoms with E-state index in [2.05, 4.69) is 0 Å². The summed E-state index contributed by atoms with van der Waals surface area (Å²) in [7, 11) is 1.84. The van der Waals surface area contributed by atoms with E-state index in [0.717, 1.165) is 0 Å². The van der Waals surface area contributed by atoms with Crippen LogP contribution in [0.15, 0.2) is 41.8 Å². The number of benzene rings is 1. The Hall–Kier alpha value is -2.14. The van der Waals surface area contributed by atoms with Crippen molar-refractivity contribution in [1.82, 2.24) is 4.90 Å².